The average Bonchev–Trinajstić information content (AvgIpc) is 3.09. The summed E-state index contributed by atoms with van der Waals surface area (Å²) in [6.45, 7) is 2.13. The molecule has 0 fully saturated rings. The van der Waals surface area contributed by atoms with Gasteiger partial charge in [0, 0.05) is 22.4 Å². The number of hydrogen-bond acceptors (Lipinski definition) is 4. The number of aryl methyl sites for hydroxylation is 1. The van der Waals surface area contributed by atoms with Crippen LogP contribution in [0, 0.1) is 0 Å². The maximum Gasteiger partial charge on any atom is 0.234 e. The van der Waals surface area contributed by atoms with E-state index >= 15 is 0 Å². The highest BCUT2D eigenvalue weighted by molar-refractivity contribution is 7.19. The van der Waals surface area contributed by atoms with Gasteiger partial charge in [0.05, 0.1) is 0 Å². The molecule has 6 heteroatoms. The van der Waals surface area contributed by atoms with Crippen LogP contribution in [0.15, 0.2) is 36.4 Å². The molecule has 0 aliphatic rings. The fourth-order valence-corrected chi connectivity index (χ4v) is 3.74. The molecule has 0 aliphatic heterocycles. The molecule has 0 bridgehead atoms. The Kier molecular flexibility index (Phi) is 3.32. The van der Waals surface area contributed by atoms with Crippen molar-refractivity contribution >= 4 is 38.7 Å². The summed E-state index contributed by atoms with van der Waals surface area (Å²) < 4.78 is 1.85. The molecule has 0 radical (unpaired) electrons. The van der Waals surface area contributed by atoms with Crippen molar-refractivity contribution in [3.8, 4) is 10.6 Å². The van der Waals surface area contributed by atoms with Gasteiger partial charge in [-0.1, -0.05) is 60.2 Å². The first-order chi connectivity index (χ1) is 10.8. The zero-order valence-corrected chi connectivity index (χ0v) is 13.5. The van der Waals surface area contributed by atoms with Crippen LogP contribution in [-0.2, 0) is 6.42 Å². The zero-order valence-electron chi connectivity index (χ0n) is 12.0. The minimum atomic E-state index is 0.758. The Morgan fingerprint density at radius 2 is 1.91 bits per heavy atom. The lowest BCUT2D eigenvalue weighted by Gasteiger charge is -2.04. The lowest BCUT2D eigenvalue weighted by molar-refractivity contribution is 0.778. The van der Waals surface area contributed by atoms with Gasteiger partial charge >= 0.3 is 0 Å². The molecule has 4 rings (SSSR count). The highest BCUT2D eigenvalue weighted by Crippen LogP contribution is 2.34. The SMILES string of the molecule is CCCc1nnc2sc(-c3cccc4c(Cl)cccc34)nn12. The van der Waals surface area contributed by atoms with Gasteiger partial charge in [-0.15, -0.1) is 10.2 Å². The van der Waals surface area contributed by atoms with Crippen molar-refractivity contribution in [2.24, 2.45) is 0 Å². The Morgan fingerprint density at radius 3 is 2.77 bits per heavy atom. The molecule has 0 unspecified atom stereocenters. The van der Waals surface area contributed by atoms with E-state index in [9.17, 15) is 0 Å². The van der Waals surface area contributed by atoms with Crippen molar-refractivity contribution in [1.82, 2.24) is 19.8 Å². The number of benzene rings is 2. The molecule has 0 atom stereocenters. The van der Waals surface area contributed by atoms with Gasteiger partial charge in [0.15, 0.2) is 5.82 Å². The highest BCUT2D eigenvalue weighted by Gasteiger charge is 2.14. The summed E-state index contributed by atoms with van der Waals surface area (Å²) in [5.74, 6) is 0.915. The monoisotopic (exact) mass is 328 g/mol. The number of rotatable bonds is 3. The lowest BCUT2D eigenvalue weighted by atomic mass is 10.1. The van der Waals surface area contributed by atoms with Gasteiger partial charge in [-0.2, -0.15) is 9.61 Å². The molecule has 2 aromatic carbocycles. The predicted molar refractivity (Wildman–Crippen MR) is 90.6 cm³/mol. The molecular formula is C16H13ClN4S. The lowest BCUT2D eigenvalue weighted by Crippen LogP contribution is -1.95. The van der Waals surface area contributed by atoms with Gasteiger partial charge in [-0.3, -0.25) is 0 Å². The van der Waals surface area contributed by atoms with E-state index in [0.717, 1.165) is 50.0 Å². The van der Waals surface area contributed by atoms with Gasteiger partial charge in [0.25, 0.3) is 0 Å². The Morgan fingerprint density at radius 1 is 1.09 bits per heavy atom. The first-order valence-corrected chi connectivity index (χ1v) is 8.36. The molecule has 0 aliphatic carbocycles. The van der Waals surface area contributed by atoms with Crippen LogP contribution in [0.25, 0.3) is 26.3 Å². The standard InChI is InChI=1S/C16H13ClN4S/c1-2-5-14-18-19-16-21(14)20-15(22-16)12-8-3-7-11-10(12)6-4-9-13(11)17/h3-4,6-9H,2,5H2,1H3. The minimum Gasteiger partial charge on any atom is -0.187 e. The molecule has 0 spiro atoms. The van der Waals surface area contributed by atoms with Crippen LogP contribution in [0.1, 0.15) is 19.2 Å². The molecule has 0 amide bonds. The summed E-state index contributed by atoms with van der Waals surface area (Å²) in [4.78, 5) is 0.831. The number of fused-ring (bicyclic) bond motifs is 2. The number of hydrogen-bond donors (Lipinski definition) is 0. The van der Waals surface area contributed by atoms with Crippen molar-refractivity contribution in [3.63, 3.8) is 0 Å². The van der Waals surface area contributed by atoms with Gasteiger partial charge < -0.3 is 0 Å². The van der Waals surface area contributed by atoms with E-state index in [2.05, 4.69) is 29.3 Å². The smallest absolute Gasteiger partial charge is 0.187 e. The molecule has 2 heterocycles. The maximum absolute atomic E-state index is 6.30. The van der Waals surface area contributed by atoms with Gasteiger partial charge in [0.1, 0.15) is 5.01 Å². The fraction of sp³-hybridized carbons (Fsp3) is 0.188. The summed E-state index contributed by atoms with van der Waals surface area (Å²) in [5, 5.41) is 17.0. The van der Waals surface area contributed by atoms with Crippen LogP contribution in [-0.4, -0.2) is 19.8 Å². The van der Waals surface area contributed by atoms with Crippen LogP contribution < -0.4 is 0 Å². The summed E-state index contributed by atoms with van der Waals surface area (Å²) in [5.41, 5.74) is 1.08. The van der Waals surface area contributed by atoms with E-state index in [1.807, 2.05) is 28.8 Å². The van der Waals surface area contributed by atoms with Crippen LogP contribution in [0.2, 0.25) is 5.02 Å². The van der Waals surface area contributed by atoms with Gasteiger partial charge in [-0.05, 0) is 17.9 Å². The van der Waals surface area contributed by atoms with Crippen LogP contribution >= 0.6 is 22.9 Å². The summed E-state index contributed by atoms with van der Waals surface area (Å²) in [6, 6.07) is 12.1. The van der Waals surface area contributed by atoms with E-state index in [1.54, 1.807) is 11.3 Å². The highest BCUT2D eigenvalue weighted by atomic mass is 35.5. The molecule has 22 heavy (non-hydrogen) atoms. The maximum atomic E-state index is 6.30. The summed E-state index contributed by atoms with van der Waals surface area (Å²) in [7, 11) is 0. The van der Waals surface area contributed by atoms with Crippen LogP contribution in [0.5, 0.6) is 0 Å². The molecule has 110 valence electrons. The Balaban J connectivity index is 1.93. The van der Waals surface area contributed by atoms with E-state index in [4.69, 9.17) is 16.7 Å². The molecule has 2 aromatic heterocycles. The second kappa shape index (κ2) is 5.34. The molecule has 4 aromatic rings. The summed E-state index contributed by atoms with van der Waals surface area (Å²) in [6.07, 6.45) is 1.91. The zero-order chi connectivity index (χ0) is 15.1. The topological polar surface area (TPSA) is 43.1 Å². The van der Waals surface area contributed by atoms with Crippen molar-refractivity contribution in [2.45, 2.75) is 19.8 Å². The van der Waals surface area contributed by atoms with E-state index in [-0.39, 0.29) is 0 Å². The molecular weight excluding hydrogens is 316 g/mol. The quantitative estimate of drug-likeness (QED) is 0.551. The Hall–Kier alpha value is -1.98. The Bertz CT molecular complexity index is 973. The van der Waals surface area contributed by atoms with E-state index in [0.29, 0.717) is 0 Å². The number of nitrogens with zero attached hydrogens (tertiary/aromatic N) is 4. The van der Waals surface area contributed by atoms with Crippen molar-refractivity contribution < 1.29 is 0 Å². The molecule has 0 N–H and O–H groups in total. The second-order valence-corrected chi connectivity index (χ2v) is 6.47. The van der Waals surface area contributed by atoms with E-state index < -0.39 is 0 Å². The first kappa shape index (κ1) is 13.7. The van der Waals surface area contributed by atoms with E-state index in [1.165, 1.54) is 0 Å². The van der Waals surface area contributed by atoms with Crippen molar-refractivity contribution in [3.05, 3.63) is 47.2 Å². The summed E-state index contributed by atoms with van der Waals surface area (Å²) >= 11 is 7.85. The normalized spacial score (nSPS) is 11.5. The van der Waals surface area contributed by atoms with Crippen LogP contribution in [0.3, 0.4) is 0 Å². The molecule has 0 saturated heterocycles. The van der Waals surface area contributed by atoms with Gasteiger partial charge in [-0.25, -0.2) is 0 Å². The third-order valence-corrected chi connectivity index (χ3v) is 4.89. The Labute approximate surface area is 136 Å². The fourth-order valence-electron chi connectivity index (χ4n) is 2.60. The van der Waals surface area contributed by atoms with Crippen molar-refractivity contribution in [1.29, 1.82) is 0 Å². The van der Waals surface area contributed by atoms with Crippen molar-refractivity contribution in [2.75, 3.05) is 0 Å². The molecule has 0 saturated carbocycles. The first-order valence-electron chi connectivity index (χ1n) is 7.16. The number of aromatic nitrogens is 4. The van der Waals surface area contributed by atoms with Gasteiger partial charge in [0.2, 0.25) is 4.96 Å². The van der Waals surface area contributed by atoms with Crippen LogP contribution in [0.4, 0.5) is 0 Å². The average molecular weight is 329 g/mol. The third kappa shape index (κ3) is 2.09. The largest absolute Gasteiger partial charge is 0.234 e. The molecule has 4 nitrogen and oxygen atoms in total. The predicted octanol–water partition coefficient (Wildman–Crippen LogP) is 4.61. The second-order valence-electron chi connectivity index (χ2n) is 5.11. The minimum absolute atomic E-state index is 0.758. The third-order valence-electron chi connectivity index (χ3n) is 3.63. The number of halogens is 1.